The van der Waals surface area contributed by atoms with Crippen LogP contribution in [0.5, 0.6) is 0 Å². The van der Waals surface area contributed by atoms with Gasteiger partial charge in [-0.15, -0.1) is 0 Å². The van der Waals surface area contributed by atoms with Crippen molar-refractivity contribution in [3.63, 3.8) is 0 Å². The van der Waals surface area contributed by atoms with Crippen molar-refractivity contribution < 1.29 is 0 Å². The number of fused-ring (bicyclic) bond motifs is 9. The molecule has 0 saturated carbocycles. The van der Waals surface area contributed by atoms with E-state index in [9.17, 15) is 0 Å². The Morgan fingerprint density at radius 3 is 1.69 bits per heavy atom. The summed E-state index contributed by atoms with van der Waals surface area (Å²) in [6.45, 7) is 0. The van der Waals surface area contributed by atoms with Gasteiger partial charge in [0.15, 0.2) is 0 Å². The number of para-hydroxylation sites is 4. The monoisotopic (exact) mass is 662 g/mol. The highest BCUT2D eigenvalue weighted by Crippen LogP contribution is 2.43. The van der Waals surface area contributed by atoms with Crippen LogP contribution in [0, 0.1) is 0 Å². The molecule has 3 heterocycles. The molecular formula is C48H30N4. The minimum absolute atomic E-state index is 0.659. The molecule has 8 aromatic carbocycles. The van der Waals surface area contributed by atoms with Gasteiger partial charge in [0, 0.05) is 43.6 Å². The molecule has 3 aromatic heterocycles. The lowest BCUT2D eigenvalue weighted by atomic mass is 9.94. The van der Waals surface area contributed by atoms with E-state index in [1.54, 1.807) is 0 Å². The summed E-state index contributed by atoms with van der Waals surface area (Å²) >= 11 is 0. The molecule has 0 saturated heterocycles. The molecule has 0 N–H and O–H groups in total. The van der Waals surface area contributed by atoms with E-state index in [1.807, 2.05) is 12.1 Å². The van der Waals surface area contributed by atoms with Crippen LogP contribution in [-0.2, 0) is 0 Å². The van der Waals surface area contributed by atoms with Crippen LogP contribution in [0.1, 0.15) is 0 Å². The highest BCUT2D eigenvalue weighted by molar-refractivity contribution is 6.22. The fourth-order valence-electron chi connectivity index (χ4n) is 8.24. The first kappa shape index (κ1) is 28.8. The summed E-state index contributed by atoms with van der Waals surface area (Å²) in [6, 6.07) is 64.9. The van der Waals surface area contributed by atoms with Gasteiger partial charge in [0.2, 0.25) is 5.95 Å². The van der Waals surface area contributed by atoms with Gasteiger partial charge in [0.1, 0.15) is 0 Å². The van der Waals surface area contributed by atoms with Crippen LogP contribution >= 0.6 is 0 Å². The van der Waals surface area contributed by atoms with Crippen molar-refractivity contribution in [3.05, 3.63) is 182 Å². The van der Waals surface area contributed by atoms with Crippen LogP contribution in [0.3, 0.4) is 0 Å². The summed E-state index contributed by atoms with van der Waals surface area (Å²) < 4.78 is 4.66. The summed E-state index contributed by atoms with van der Waals surface area (Å²) in [5.74, 6) is 0.659. The van der Waals surface area contributed by atoms with Gasteiger partial charge in [0.25, 0.3) is 0 Å². The van der Waals surface area contributed by atoms with Crippen LogP contribution in [-0.4, -0.2) is 19.1 Å². The molecule has 0 bridgehead atoms. The second-order valence-electron chi connectivity index (χ2n) is 13.4. The number of rotatable bonds is 4. The lowest BCUT2D eigenvalue weighted by Crippen LogP contribution is -2.03. The first-order chi connectivity index (χ1) is 25.8. The van der Waals surface area contributed by atoms with Gasteiger partial charge >= 0.3 is 0 Å². The molecule has 0 aliphatic carbocycles. The van der Waals surface area contributed by atoms with E-state index in [4.69, 9.17) is 9.97 Å². The fourth-order valence-corrected chi connectivity index (χ4v) is 8.24. The smallest absolute Gasteiger partial charge is 0.235 e. The topological polar surface area (TPSA) is 35.6 Å². The van der Waals surface area contributed by atoms with Crippen molar-refractivity contribution in [1.29, 1.82) is 0 Å². The van der Waals surface area contributed by atoms with Gasteiger partial charge < -0.3 is 4.57 Å². The maximum atomic E-state index is 5.32. The average molecular weight is 663 g/mol. The Labute approximate surface area is 299 Å². The fraction of sp³-hybridized carbons (Fsp3) is 0. The lowest BCUT2D eigenvalue weighted by molar-refractivity contribution is 1.01. The Morgan fingerprint density at radius 1 is 0.346 bits per heavy atom. The first-order valence-corrected chi connectivity index (χ1v) is 17.7. The van der Waals surface area contributed by atoms with E-state index in [-0.39, 0.29) is 0 Å². The summed E-state index contributed by atoms with van der Waals surface area (Å²) in [5, 5.41) is 8.29. The second-order valence-corrected chi connectivity index (χ2v) is 13.4. The standard InChI is InChI=1S/C48H30N4/c1-3-15-31(16-4-1)46-39-23-9-12-24-42(39)49-48(50-46)52-44-26-14-10-20-35(44)37-28-27-32(29-45(37)52)40-30-41-36-21-11-13-25-43(36)51(33-17-5-2-6-18-33)47(41)38-22-8-7-19-34(38)40/h1-30H. The Balaban J connectivity index is 1.22. The Bertz CT molecular complexity index is 3170. The molecule has 11 aromatic rings. The van der Waals surface area contributed by atoms with Gasteiger partial charge in [-0.2, -0.15) is 0 Å². The van der Waals surface area contributed by atoms with Crippen LogP contribution in [0.2, 0.25) is 0 Å². The van der Waals surface area contributed by atoms with E-state index < -0.39 is 0 Å². The summed E-state index contributed by atoms with van der Waals surface area (Å²) in [5.41, 5.74) is 11.0. The maximum absolute atomic E-state index is 5.32. The van der Waals surface area contributed by atoms with Crippen molar-refractivity contribution in [3.8, 4) is 34.0 Å². The molecule has 0 aliphatic rings. The van der Waals surface area contributed by atoms with Gasteiger partial charge in [-0.05, 0) is 59.0 Å². The third kappa shape index (κ3) is 4.21. The van der Waals surface area contributed by atoms with E-state index in [0.717, 1.165) is 44.4 Å². The SMILES string of the molecule is c1ccc(-c2nc(-n3c4ccccc4c4ccc(-c5cc6c7ccccc7n(-c7ccccc7)c6c6ccccc56)cc43)nc3ccccc23)cc1. The van der Waals surface area contributed by atoms with Crippen molar-refractivity contribution in [2.24, 2.45) is 0 Å². The normalized spacial score (nSPS) is 11.8. The number of nitrogens with zero attached hydrogens (tertiary/aromatic N) is 4. The predicted molar refractivity (Wildman–Crippen MR) is 217 cm³/mol. The van der Waals surface area contributed by atoms with E-state index in [1.165, 1.54) is 48.9 Å². The molecule has 0 unspecified atom stereocenters. The zero-order valence-electron chi connectivity index (χ0n) is 28.1. The summed E-state index contributed by atoms with van der Waals surface area (Å²) in [7, 11) is 0. The van der Waals surface area contributed by atoms with E-state index in [2.05, 4.69) is 179 Å². The van der Waals surface area contributed by atoms with Crippen molar-refractivity contribution in [2.45, 2.75) is 0 Å². The molecule has 11 rings (SSSR count). The first-order valence-electron chi connectivity index (χ1n) is 17.7. The molecule has 4 nitrogen and oxygen atoms in total. The lowest BCUT2D eigenvalue weighted by Gasteiger charge is -2.14. The molecule has 0 spiro atoms. The van der Waals surface area contributed by atoms with Crippen LogP contribution in [0.4, 0.5) is 0 Å². The third-order valence-electron chi connectivity index (χ3n) is 10.5. The summed E-state index contributed by atoms with van der Waals surface area (Å²) in [6.07, 6.45) is 0. The van der Waals surface area contributed by atoms with Crippen LogP contribution in [0.15, 0.2) is 182 Å². The molecule has 0 radical (unpaired) electrons. The Kier molecular flexibility index (Phi) is 6.22. The molecule has 0 amide bonds. The highest BCUT2D eigenvalue weighted by atomic mass is 15.2. The van der Waals surface area contributed by atoms with Gasteiger partial charge in [0.05, 0.1) is 33.3 Å². The van der Waals surface area contributed by atoms with E-state index in [0.29, 0.717) is 5.95 Å². The second kappa shape index (κ2) is 11.2. The predicted octanol–water partition coefficient (Wildman–Crippen LogP) is 12.3. The zero-order chi connectivity index (χ0) is 34.2. The van der Waals surface area contributed by atoms with Crippen LogP contribution in [0.25, 0.3) is 99.3 Å². The van der Waals surface area contributed by atoms with Crippen molar-refractivity contribution in [1.82, 2.24) is 19.1 Å². The third-order valence-corrected chi connectivity index (χ3v) is 10.5. The number of hydrogen-bond donors (Lipinski definition) is 0. The number of benzene rings is 8. The van der Waals surface area contributed by atoms with Crippen molar-refractivity contribution >= 4 is 65.3 Å². The molecule has 0 fully saturated rings. The maximum Gasteiger partial charge on any atom is 0.235 e. The zero-order valence-corrected chi connectivity index (χ0v) is 28.1. The van der Waals surface area contributed by atoms with Crippen molar-refractivity contribution in [2.75, 3.05) is 0 Å². The average Bonchev–Trinajstić information content (AvgIpc) is 3.73. The minimum Gasteiger partial charge on any atom is -0.309 e. The van der Waals surface area contributed by atoms with Gasteiger partial charge in [-0.25, -0.2) is 9.97 Å². The van der Waals surface area contributed by atoms with Gasteiger partial charge in [-0.1, -0.05) is 140 Å². The van der Waals surface area contributed by atoms with Crippen LogP contribution < -0.4 is 0 Å². The Hall–Kier alpha value is -7.04. The minimum atomic E-state index is 0.659. The largest absolute Gasteiger partial charge is 0.309 e. The van der Waals surface area contributed by atoms with E-state index >= 15 is 0 Å². The number of hydrogen-bond acceptors (Lipinski definition) is 2. The molecule has 4 heteroatoms. The Morgan fingerprint density at radius 2 is 0.923 bits per heavy atom. The molecule has 52 heavy (non-hydrogen) atoms. The number of aromatic nitrogens is 4. The molecule has 242 valence electrons. The molecule has 0 atom stereocenters. The van der Waals surface area contributed by atoms with Gasteiger partial charge in [-0.3, -0.25) is 4.57 Å². The summed E-state index contributed by atoms with van der Waals surface area (Å²) in [4.78, 5) is 10.5. The molecule has 0 aliphatic heterocycles. The highest BCUT2D eigenvalue weighted by Gasteiger charge is 2.21. The quantitative estimate of drug-likeness (QED) is 0.188. The molecular weight excluding hydrogens is 633 g/mol.